The summed E-state index contributed by atoms with van der Waals surface area (Å²) >= 11 is 3.69. The molecule has 2 aromatic rings. The van der Waals surface area contributed by atoms with Crippen LogP contribution in [0, 0.1) is 0 Å². The predicted octanol–water partition coefficient (Wildman–Crippen LogP) is 4.78. The maximum absolute atomic E-state index is 12.5. The Bertz CT molecular complexity index is 638. The summed E-state index contributed by atoms with van der Waals surface area (Å²) in [6, 6.07) is 13.4. The Morgan fingerprint density at radius 3 is 2.55 bits per heavy atom. The number of ether oxygens (including phenoxy) is 1. The number of amides is 1. The number of carbonyl (C=O) groups excluding carboxylic acids is 1. The number of nitrogens with one attached hydrogen (secondary N) is 1. The summed E-state index contributed by atoms with van der Waals surface area (Å²) in [4.78, 5) is 12.2. The third-order valence-electron chi connectivity index (χ3n) is 2.56. The van der Waals surface area contributed by atoms with Gasteiger partial charge in [0, 0.05) is 9.37 Å². The van der Waals surface area contributed by atoms with Crippen molar-refractivity contribution in [3.8, 4) is 5.75 Å². The summed E-state index contributed by atoms with van der Waals surface area (Å²) < 4.78 is 31.2. The molecule has 0 fully saturated rings. The first-order chi connectivity index (χ1) is 10.5. The van der Waals surface area contributed by atoms with Crippen LogP contribution in [0.1, 0.15) is 0 Å². The number of carbonyl (C=O) groups is 1. The van der Waals surface area contributed by atoms with Crippen molar-refractivity contribution in [2.24, 2.45) is 0 Å². The highest BCUT2D eigenvalue weighted by atomic mass is 79.9. The van der Waals surface area contributed by atoms with Crippen LogP contribution in [0.15, 0.2) is 57.9 Å². The van der Waals surface area contributed by atoms with Gasteiger partial charge in [-0.15, -0.1) is 0 Å². The number of thioether (sulfide) groups is 1. The molecule has 2 rings (SSSR count). The van der Waals surface area contributed by atoms with Crippen molar-refractivity contribution < 1.29 is 18.3 Å². The van der Waals surface area contributed by atoms with Crippen LogP contribution in [0.4, 0.5) is 14.5 Å². The van der Waals surface area contributed by atoms with Crippen molar-refractivity contribution in [3.05, 3.63) is 53.0 Å². The lowest BCUT2D eigenvalue weighted by Crippen LogP contribution is -2.20. The standard InChI is InChI=1S/C15H12BrF2NO2S/c16-10-5-7-11(8-6-10)21-9-14(20)19-12-3-1-2-4-13(12)22-15(17)18/h1-8,15H,9H2,(H,19,20). The summed E-state index contributed by atoms with van der Waals surface area (Å²) in [5, 5.41) is 2.57. The highest BCUT2D eigenvalue weighted by molar-refractivity contribution is 9.10. The van der Waals surface area contributed by atoms with Crippen LogP contribution in [-0.4, -0.2) is 18.3 Å². The maximum atomic E-state index is 12.5. The number of para-hydroxylation sites is 1. The van der Waals surface area contributed by atoms with E-state index in [1.165, 1.54) is 6.07 Å². The minimum Gasteiger partial charge on any atom is -0.484 e. The number of hydrogen-bond donors (Lipinski definition) is 1. The van der Waals surface area contributed by atoms with Crippen LogP contribution in [-0.2, 0) is 4.79 Å². The van der Waals surface area contributed by atoms with E-state index >= 15 is 0 Å². The van der Waals surface area contributed by atoms with E-state index in [-0.39, 0.29) is 6.61 Å². The number of hydrogen-bond acceptors (Lipinski definition) is 3. The molecule has 0 aliphatic rings. The molecule has 0 bridgehead atoms. The zero-order valence-electron chi connectivity index (χ0n) is 11.3. The first kappa shape index (κ1) is 16.8. The third-order valence-corrected chi connectivity index (χ3v) is 3.88. The average Bonchev–Trinajstić information content (AvgIpc) is 2.48. The first-order valence-electron chi connectivity index (χ1n) is 6.26. The lowest BCUT2D eigenvalue weighted by atomic mass is 10.3. The van der Waals surface area contributed by atoms with Gasteiger partial charge in [0.05, 0.1) is 5.69 Å². The number of benzene rings is 2. The number of alkyl halides is 2. The van der Waals surface area contributed by atoms with Gasteiger partial charge in [-0.1, -0.05) is 39.8 Å². The molecule has 0 atom stereocenters. The fourth-order valence-electron chi connectivity index (χ4n) is 1.63. The monoisotopic (exact) mass is 387 g/mol. The van der Waals surface area contributed by atoms with Crippen LogP contribution in [0.25, 0.3) is 0 Å². The summed E-state index contributed by atoms with van der Waals surface area (Å²) in [7, 11) is 0. The Morgan fingerprint density at radius 1 is 1.18 bits per heavy atom. The SMILES string of the molecule is O=C(COc1ccc(Br)cc1)Nc1ccccc1SC(F)F. The van der Waals surface area contributed by atoms with Gasteiger partial charge in [-0.05, 0) is 36.4 Å². The summed E-state index contributed by atoms with van der Waals surface area (Å²) in [5.41, 5.74) is 0.345. The zero-order valence-corrected chi connectivity index (χ0v) is 13.7. The summed E-state index contributed by atoms with van der Waals surface area (Å²) in [5.74, 6) is -2.41. The molecular weight excluding hydrogens is 376 g/mol. The van der Waals surface area contributed by atoms with E-state index in [2.05, 4.69) is 21.2 Å². The van der Waals surface area contributed by atoms with Gasteiger partial charge in [-0.3, -0.25) is 4.79 Å². The lowest BCUT2D eigenvalue weighted by molar-refractivity contribution is -0.118. The summed E-state index contributed by atoms with van der Waals surface area (Å²) in [6.07, 6.45) is 0. The van der Waals surface area contributed by atoms with Gasteiger partial charge < -0.3 is 10.1 Å². The van der Waals surface area contributed by atoms with E-state index < -0.39 is 11.7 Å². The minimum atomic E-state index is -2.54. The molecule has 0 aromatic heterocycles. The van der Waals surface area contributed by atoms with Crippen LogP contribution < -0.4 is 10.1 Å². The van der Waals surface area contributed by atoms with Gasteiger partial charge >= 0.3 is 0 Å². The van der Waals surface area contributed by atoms with Gasteiger partial charge in [0.25, 0.3) is 11.7 Å². The molecule has 1 amide bonds. The van der Waals surface area contributed by atoms with Gasteiger partial charge in [0.15, 0.2) is 6.61 Å². The van der Waals surface area contributed by atoms with Gasteiger partial charge in [-0.2, -0.15) is 8.78 Å². The second kappa shape index (κ2) is 8.14. The van der Waals surface area contributed by atoms with Crippen molar-refractivity contribution in [1.82, 2.24) is 0 Å². The second-order valence-electron chi connectivity index (χ2n) is 4.17. The molecule has 0 saturated heterocycles. The molecule has 3 nitrogen and oxygen atoms in total. The Labute approximate surface area is 139 Å². The smallest absolute Gasteiger partial charge is 0.288 e. The quantitative estimate of drug-likeness (QED) is 0.724. The van der Waals surface area contributed by atoms with E-state index in [0.29, 0.717) is 28.1 Å². The molecule has 22 heavy (non-hydrogen) atoms. The normalized spacial score (nSPS) is 10.5. The molecule has 0 radical (unpaired) electrons. The molecule has 0 unspecified atom stereocenters. The van der Waals surface area contributed by atoms with Crippen molar-refractivity contribution in [2.75, 3.05) is 11.9 Å². The predicted molar refractivity (Wildman–Crippen MR) is 86.6 cm³/mol. The molecule has 0 aliphatic carbocycles. The third kappa shape index (κ3) is 5.31. The van der Waals surface area contributed by atoms with E-state index in [0.717, 1.165) is 4.47 Å². The topological polar surface area (TPSA) is 38.3 Å². The van der Waals surface area contributed by atoms with Crippen LogP contribution >= 0.6 is 27.7 Å². The van der Waals surface area contributed by atoms with E-state index in [4.69, 9.17) is 4.74 Å². The zero-order chi connectivity index (χ0) is 15.9. The largest absolute Gasteiger partial charge is 0.484 e. The fraction of sp³-hybridized carbons (Fsp3) is 0.133. The minimum absolute atomic E-state index is 0.199. The van der Waals surface area contributed by atoms with Gasteiger partial charge in [0.2, 0.25) is 0 Å². The number of anilines is 1. The molecule has 2 aromatic carbocycles. The highest BCUT2D eigenvalue weighted by Gasteiger charge is 2.12. The molecule has 7 heteroatoms. The van der Waals surface area contributed by atoms with Crippen molar-refractivity contribution in [2.45, 2.75) is 10.7 Å². The van der Waals surface area contributed by atoms with Crippen molar-refractivity contribution >= 4 is 39.3 Å². The summed E-state index contributed by atoms with van der Waals surface area (Å²) in [6.45, 7) is -0.199. The molecule has 116 valence electrons. The van der Waals surface area contributed by atoms with E-state index in [1.807, 2.05) is 0 Å². The number of rotatable bonds is 6. The fourth-order valence-corrected chi connectivity index (χ4v) is 2.49. The molecule has 0 heterocycles. The van der Waals surface area contributed by atoms with Crippen molar-refractivity contribution in [3.63, 3.8) is 0 Å². The Kier molecular flexibility index (Phi) is 6.21. The lowest BCUT2D eigenvalue weighted by Gasteiger charge is -2.11. The van der Waals surface area contributed by atoms with Crippen LogP contribution in [0.5, 0.6) is 5.75 Å². The Balaban J connectivity index is 1.93. The molecule has 0 aliphatic heterocycles. The average molecular weight is 388 g/mol. The molecule has 0 spiro atoms. The first-order valence-corrected chi connectivity index (χ1v) is 7.94. The van der Waals surface area contributed by atoms with Crippen LogP contribution in [0.2, 0.25) is 0 Å². The second-order valence-corrected chi connectivity index (χ2v) is 6.11. The molecule has 0 saturated carbocycles. The van der Waals surface area contributed by atoms with E-state index in [9.17, 15) is 13.6 Å². The number of halogens is 3. The van der Waals surface area contributed by atoms with Gasteiger partial charge in [-0.25, -0.2) is 0 Å². The molecule has 1 N–H and O–H groups in total. The molecular formula is C15H12BrF2NO2S. The highest BCUT2D eigenvalue weighted by Crippen LogP contribution is 2.31. The van der Waals surface area contributed by atoms with Crippen LogP contribution in [0.3, 0.4) is 0 Å². The Hall–Kier alpha value is -1.60. The Morgan fingerprint density at radius 2 is 1.86 bits per heavy atom. The maximum Gasteiger partial charge on any atom is 0.288 e. The van der Waals surface area contributed by atoms with Crippen molar-refractivity contribution in [1.29, 1.82) is 0 Å². The van der Waals surface area contributed by atoms with Gasteiger partial charge in [0.1, 0.15) is 5.75 Å². The van der Waals surface area contributed by atoms with E-state index in [1.54, 1.807) is 42.5 Å².